The lowest BCUT2D eigenvalue weighted by molar-refractivity contribution is -0.132. The second-order valence-corrected chi connectivity index (χ2v) is 8.64. The molecule has 1 N–H and O–H groups in total. The standard InChI is InChI=1S/C27H24ClNO4/c1-15-7-5-8-18(11-15)24-23(25(30)21-12-17(3)22(33-4)13-16(21)2)26(31)27(32)29(24)20-10-6-9-19(28)14-20/h5-14,24,30H,1-4H3/b25-23+. The highest BCUT2D eigenvalue weighted by molar-refractivity contribution is 6.51. The van der Waals surface area contributed by atoms with Crippen LogP contribution in [0.4, 0.5) is 5.69 Å². The zero-order valence-corrected chi connectivity index (χ0v) is 19.6. The fourth-order valence-electron chi connectivity index (χ4n) is 4.29. The molecule has 1 atom stereocenters. The van der Waals surface area contributed by atoms with Crippen LogP contribution in [0.3, 0.4) is 0 Å². The molecule has 1 heterocycles. The molecule has 5 nitrogen and oxygen atoms in total. The molecule has 4 rings (SSSR count). The Hall–Kier alpha value is -3.57. The largest absolute Gasteiger partial charge is 0.507 e. The quantitative estimate of drug-likeness (QED) is 0.298. The van der Waals surface area contributed by atoms with Crippen LogP contribution in [0.15, 0.2) is 66.2 Å². The number of methoxy groups -OCH3 is 1. The lowest BCUT2D eigenvalue weighted by Gasteiger charge is -2.26. The number of carbonyl (C=O) groups is 2. The number of nitrogens with zero attached hydrogens (tertiary/aromatic N) is 1. The van der Waals surface area contributed by atoms with Gasteiger partial charge in [0.25, 0.3) is 11.7 Å². The molecular formula is C27H24ClNO4. The minimum atomic E-state index is -0.801. The molecule has 6 heteroatoms. The van der Waals surface area contributed by atoms with Crippen molar-refractivity contribution in [1.29, 1.82) is 0 Å². The Kier molecular flexibility index (Phi) is 6.00. The Morgan fingerprint density at radius 1 is 0.970 bits per heavy atom. The predicted octanol–water partition coefficient (Wildman–Crippen LogP) is 5.90. The van der Waals surface area contributed by atoms with Crippen molar-refractivity contribution in [2.45, 2.75) is 26.8 Å². The molecule has 0 radical (unpaired) electrons. The maximum Gasteiger partial charge on any atom is 0.300 e. The lowest BCUT2D eigenvalue weighted by atomic mass is 9.92. The third-order valence-corrected chi connectivity index (χ3v) is 6.12. The maximum atomic E-state index is 13.3. The van der Waals surface area contributed by atoms with E-state index in [0.717, 1.165) is 22.3 Å². The first-order valence-corrected chi connectivity index (χ1v) is 10.9. The van der Waals surface area contributed by atoms with Crippen LogP contribution in [-0.4, -0.2) is 23.9 Å². The molecular weight excluding hydrogens is 438 g/mol. The van der Waals surface area contributed by atoms with Gasteiger partial charge in [0.2, 0.25) is 0 Å². The van der Waals surface area contributed by atoms with Crippen LogP contribution in [0, 0.1) is 20.8 Å². The summed E-state index contributed by atoms with van der Waals surface area (Å²) >= 11 is 6.19. The SMILES string of the molecule is COc1cc(C)c(/C(O)=C2\C(=O)C(=O)N(c3cccc(Cl)c3)C2c2cccc(C)c2)cc1C. The van der Waals surface area contributed by atoms with Crippen LogP contribution in [-0.2, 0) is 9.59 Å². The van der Waals surface area contributed by atoms with Gasteiger partial charge in [0.1, 0.15) is 11.5 Å². The summed E-state index contributed by atoms with van der Waals surface area (Å²) in [6, 6.07) is 17.1. The van der Waals surface area contributed by atoms with Crippen molar-refractivity contribution >= 4 is 34.7 Å². The number of hydrogen-bond acceptors (Lipinski definition) is 4. The van der Waals surface area contributed by atoms with E-state index in [1.807, 2.05) is 45.0 Å². The van der Waals surface area contributed by atoms with E-state index >= 15 is 0 Å². The first kappa shape index (κ1) is 22.6. The van der Waals surface area contributed by atoms with E-state index in [-0.39, 0.29) is 11.3 Å². The van der Waals surface area contributed by atoms with Crippen molar-refractivity contribution in [3.8, 4) is 5.75 Å². The minimum Gasteiger partial charge on any atom is -0.507 e. The number of aliphatic hydroxyl groups is 1. The van der Waals surface area contributed by atoms with Crippen LogP contribution in [0.1, 0.15) is 33.9 Å². The van der Waals surface area contributed by atoms with Crippen molar-refractivity contribution in [3.63, 3.8) is 0 Å². The van der Waals surface area contributed by atoms with Gasteiger partial charge in [0, 0.05) is 16.3 Å². The summed E-state index contributed by atoms with van der Waals surface area (Å²) in [5.74, 6) is -0.994. The summed E-state index contributed by atoms with van der Waals surface area (Å²) in [4.78, 5) is 28.0. The molecule has 1 unspecified atom stereocenters. The molecule has 1 saturated heterocycles. The van der Waals surface area contributed by atoms with Gasteiger partial charge >= 0.3 is 0 Å². The number of rotatable bonds is 4. The topological polar surface area (TPSA) is 66.8 Å². The number of benzene rings is 3. The monoisotopic (exact) mass is 461 g/mol. The Morgan fingerprint density at radius 2 is 1.70 bits per heavy atom. The molecule has 0 bridgehead atoms. The summed E-state index contributed by atoms with van der Waals surface area (Å²) in [7, 11) is 1.58. The van der Waals surface area contributed by atoms with E-state index in [0.29, 0.717) is 22.0 Å². The number of Topliss-reactive ketones (excluding diaryl/α,β-unsaturated/α-hetero) is 1. The summed E-state index contributed by atoms with van der Waals surface area (Å²) in [6.07, 6.45) is 0. The molecule has 33 heavy (non-hydrogen) atoms. The molecule has 1 aliphatic heterocycles. The van der Waals surface area contributed by atoms with Crippen molar-refractivity contribution in [1.82, 2.24) is 0 Å². The third kappa shape index (κ3) is 4.00. The first-order chi connectivity index (χ1) is 15.7. The lowest BCUT2D eigenvalue weighted by Crippen LogP contribution is -2.29. The van der Waals surface area contributed by atoms with Gasteiger partial charge in [-0.25, -0.2) is 0 Å². The van der Waals surface area contributed by atoms with Crippen LogP contribution in [0.2, 0.25) is 5.02 Å². The molecule has 0 saturated carbocycles. The van der Waals surface area contributed by atoms with Crippen LogP contribution >= 0.6 is 11.6 Å². The third-order valence-electron chi connectivity index (χ3n) is 5.89. The summed E-state index contributed by atoms with van der Waals surface area (Å²) in [5, 5.41) is 11.9. The zero-order valence-electron chi connectivity index (χ0n) is 18.8. The number of amides is 1. The zero-order chi connectivity index (χ0) is 23.9. The van der Waals surface area contributed by atoms with Gasteiger partial charge in [-0.2, -0.15) is 0 Å². The molecule has 0 aromatic heterocycles. The number of halogens is 1. The molecule has 1 amide bonds. The number of aliphatic hydroxyl groups excluding tert-OH is 1. The number of ketones is 1. The highest BCUT2D eigenvalue weighted by Crippen LogP contribution is 2.43. The van der Waals surface area contributed by atoms with Crippen molar-refractivity contribution in [3.05, 3.63) is 99.1 Å². The second-order valence-electron chi connectivity index (χ2n) is 8.20. The van der Waals surface area contributed by atoms with E-state index in [2.05, 4.69) is 0 Å². The molecule has 0 aliphatic carbocycles. The second kappa shape index (κ2) is 8.75. The van der Waals surface area contributed by atoms with Gasteiger partial charge < -0.3 is 9.84 Å². The van der Waals surface area contributed by atoms with Gasteiger partial charge in [-0.3, -0.25) is 14.5 Å². The average Bonchev–Trinajstić information content (AvgIpc) is 3.05. The smallest absolute Gasteiger partial charge is 0.300 e. The van der Waals surface area contributed by atoms with E-state index in [1.165, 1.54) is 4.90 Å². The summed E-state index contributed by atoms with van der Waals surface area (Å²) < 4.78 is 5.37. The van der Waals surface area contributed by atoms with Gasteiger partial charge in [0.05, 0.1) is 18.7 Å². The molecule has 3 aromatic carbocycles. The van der Waals surface area contributed by atoms with Gasteiger partial charge in [0.15, 0.2) is 0 Å². The van der Waals surface area contributed by atoms with Crippen molar-refractivity contribution in [2.75, 3.05) is 12.0 Å². The molecule has 168 valence electrons. The van der Waals surface area contributed by atoms with Crippen LogP contribution in [0.5, 0.6) is 5.75 Å². The van der Waals surface area contributed by atoms with Crippen LogP contribution in [0.25, 0.3) is 5.76 Å². The van der Waals surface area contributed by atoms with Crippen LogP contribution < -0.4 is 9.64 Å². The number of anilines is 1. The van der Waals surface area contributed by atoms with Gasteiger partial charge in [-0.15, -0.1) is 0 Å². The van der Waals surface area contributed by atoms with E-state index < -0.39 is 17.7 Å². The Labute approximate surface area is 197 Å². The maximum absolute atomic E-state index is 13.3. The fraction of sp³-hybridized carbons (Fsp3) is 0.185. The summed E-state index contributed by atoms with van der Waals surface area (Å²) in [6.45, 7) is 5.62. The van der Waals surface area contributed by atoms with E-state index in [4.69, 9.17) is 16.3 Å². The number of hydrogen-bond donors (Lipinski definition) is 1. The first-order valence-electron chi connectivity index (χ1n) is 10.5. The molecule has 3 aromatic rings. The van der Waals surface area contributed by atoms with E-state index in [9.17, 15) is 14.7 Å². The van der Waals surface area contributed by atoms with E-state index in [1.54, 1.807) is 43.5 Å². The Morgan fingerprint density at radius 3 is 2.36 bits per heavy atom. The molecule has 0 spiro atoms. The predicted molar refractivity (Wildman–Crippen MR) is 130 cm³/mol. The van der Waals surface area contributed by atoms with Gasteiger partial charge in [-0.1, -0.05) is 47.5 Å². The molecule has 1 aliphatic rings. The average molecular weight is 462 g/mol. The fourth-order valence-corrected chi connectivity index (χ4v) is 4.47. The number of aryl methyl sites for hydroxylation is 3. The minimum absolute atomic E-state index is 0.0400. The van der Waals surface area contributed by atoms with Gasteiger partial charge in [-0.05, 0) is 67.8 Å². The Balaban J connectivity index is 1.99. The van der Waals surface area contributed by atoms with Crippen molar-refractivity contribution in [2.24, 2.45) is 0 Å². The molecule has 1 fully saturated rings. The Bertz CT molecular complexity index is 1310. The number of ether oxygens (including phenoxy) is 1. The highest BCUT2D eigenvalue weighted by atomic mass is 35.5. The summed E-state index contributed by atoms with van der Waals surface area (Å²) in [5.41, 5.74) is 4.23. The number of carbonyl (C=O) groups excluding carboxylic acids is 2. The van der Waals surface area contributed by atoms with Crippen molar-refractivity contribution < 1.29 is 19.4 Å². The normalized spacial score (nSPS) is 17.5. The highest BCUT2D eigenvalue weighted by Gasteiger charge is 2.47.